The van der Waals surface area contributed by atoms with Crippen molar-refractivity contribution in [2.75, 3.05) is 6.61 Å². The maximum atomic E-state index is 12.3. The van der Waals surface area contributed by atoms with Gasteiger partial charge in [-0.15, -0.1) is 0 Å². The SMILES string of the molecule is CC1CC2C(=O)OC(C)C2C(/C=C/c2ccc(-c3ccccc3C#N)cn2)C1CCO. The van der Waals surface area contributed by atoms with Crippen molar-refractivity contribution in [1.29, 1.82) is 5.26 Å². The average molecular weight is 417 g/mol. The van der Waals surface area contributed by atoms with E-state index < -0.39 is 0 Å². The van der Waals surface area contributed by atoms with Crippen LogP contribution in [0.5, 0.6) is 0 Å². The van der Waals surface area contributed by atoms with Crippen LogP contribution in [0.2, 0.25) is 0 Å². The summed E-state index contributed by atoms with van der Waals surface area (Å²) in [6.07, 6.45) is 7.40. The third kappa shape index (κ3) is 4.13. The number of rotatable bonds is 5. The predicted molar refractivity (Wildman–Crippen MR) is 118 cm³/mol. The van der Waals surface area contributed by atoms with E-state index in [0.717, 1.165) is 29.7 Å². The van der Waals surface area contributed by atoms with Gasteiger partial charge >= 0.3 is 5.97 Å². The molecule has 1 aromatic heterocycles. The lowest BCUT2D eigenvalue weighted by atomic mass is 9.61. The molecule has 5 heteroatoms. The first kappa shape index (κ1) is 21.3. The van der Waals surface area contributed by atoms with Crippen LogP contribution in [0.4, 0.5) is 0 Å². The third-order valence-corrected chi connectivity index (χ3v) is 7.00. The maximum absolute atomic E-state index is 12.3. The predicted octanol–water partition coefficient (Wildman–Crippen LogP) is 4.47. The first-order valence-electron chi connectivity index (χ1n) is 11.0. The lowest BCUT2D eigenvalue weighted by Gasteiger charge is -2.42. The van der Waals surface area contributed by atoms with Gasteiger partial charge < -0.3 is 9.84 Å². The summed E-state index contributed by atoms with van der Waals surface area (Å²) >= 11 is 0. The quantitative estimate of drug-likeness (QED) is 0.728. The molecule has 5 nitrogen and oxygen atoms in total. The molecule has 31 heavy (non-hydrogen) atoms. The van der Waals surface area contributed by atoms with Gasteiger partial charge in [0.1, 0.15) is 6.10 Å². The molecule has 0 bridgehead atoms. The number of aliphatic hydroxyl groups is 1. The van der Waals surface area contributed by atoms with E-state index in [4.69, 9.17) is 4.74 Å². The van der Waals surface area contributed by atoms with Gasteiger partial charge in [-0.05, 0) is 55.7 Å². The van der Waals surface area contributed by atoms with Crippen molar-refractivity contribution in [3.8, 4) is 17.2 Å². The first-order chi connectivity index (χ1) is 15.0. The minimum absolute atomic E-state index is 0.0626. The molecule has 2 aromatic rings. The molecule has 1 saturated heterocycles. The Morgan fingerprint density at radius 3 is 2.77 bits per heavy atom. The highest BCUT2D eigenvalue weighted by Crippen LogP contribution is 2.50. The number of carbonyl (C=O) groups is 1. The van der Waals surface area contributed by atoms with Crippen molar-refractivity contribution in [3.05, 3.63) is 59.9 Å². The molecule has 0 spiro atoms. The molecular formula is C26H28N2O3. The molecule has 160 valence electrons. The van der Waals surface area contributed by atoms with Gasteiger partial charge in [-0.25, -0.2) is 0 Å². The number of benzene rings is 1. The van der Waals surface area contributed by atoms with E-state index in [0.29, 0.717) is 17.4 Å². The Labute approximate surface area is 183 Å². The zero-order chi connectivity index (χ0) is 22.0. The second-order valence-corrected chi connectivity index (χ2v) is 8.78. The highest BCUT2D eigenvalue weighted by molar-refractivity contribution is 5.75. The Morgan fingerprint density at radius 2 is 2.06 bits per heavy atom. The monoisotopic (exact) mass is 416 g/mol. The van der Waals surface area contributed by atoms with E-state index >= 15 is 0 Å². The van der Waals surface area contributed by atoms with Crippen LogP contribution in [0.1, 0.15) is 37.9 Å². The molecule has 2 aliphatic rings. The minimum Gasteiger partial charge on any atom is -0.462 e. The van der Waals surface area contributed by atoms with Crippen molar-refractivity contribution >= 4 is 12.0 Å². The van der Waals surface area contributed by atoms with Gasteiger partial charge in [0.05, 0.1) is 23.2 Å². The van der Waals surface area contributed by atoms with Gasteiger partial charge in [-0.3, -0.25) is 9.78 Å². The number of fused-ring (bicyclic) bond motifs is 1. The van der Waals surface area contributed by atoms with Crippen LogP contribution < -0.4 is 0 Å². The largest absolute Gasteiger partial charge is 0.462 e. The fourth-order valence-electron chi connectivity index (χ4n) is 5.51. The number of esters is 1. The van der Waals surface area contributed by atoms with Gasteiger partial charge in [0.25, 0.3) is 0 Å². The normalized spacial score (nSPS) is 30.1. The maximum Gasteiger partial charge on any atom is 0.309 e. The number of hydrogen-bond acceptors (Lipinski definition) is 5. The number of aromatic nitrogens is 1. The average Bonchev–Trinajstić information content (AvgIpc) is 3.07. The van der Waals surface area contributed by atoms with Crippen LogP contribution in [-0.4, -0.2) is 28.8 Å². The summed E-state index contributed by atoms with van der Waals surface area (Å²) in [5.74, 6) is 0.803. The molecule has 1 saturated carbocycles. The molecule has 2 heterocycles. The van der Waals surface area contributed by atoms with Gasteiger partial charge in [0, 0.05) is 29.8 Å². The highest BCUT2D eigenvalue weighted by Gasteiger charge is 2.52. The van der Waals surface area contributed by atoms with E-state index in [-0.39, 0.29) is 36.4 Å². The molecule has 4 rings (SSSR count). The number of carbonyl (C=O) groups excluding carboxylic acids is 1. The van der Waals surface area contributed by atoms with Gasteiger partial charge in [0.2, 0.25) is 0 Å². The molecular weight excluding hydrogens is 388 g/mol. The van der Waals surface area contributed by atoms with Gasteiger partial charge in [-0.1, -0.05) is 37.3 Å². The van der Waals surface area contributed by atoms with Crippen LogP contribution >= 0.6 is 0 Å². The third-order valence-electron chi connectivity index (χ3n) is 7.00. The summed E-state index contributed by atoms with van der Waals surface area (Å²) < 4.78 is 5.57. The Balaban J connectivity index is 1.59. The van der Waals surface area contributed by atoms with Crippen LogP contribution in [0.15, 0.2) is 48.7 Å². The first-order valence-corrected chi connectivity index (χ1v) is 11.0. The summed E-state index contributed by atoms with van der Waals surface area (Å²) in [7, 11) is 0. The molecule has 2 fully saturated rings. The summed E-state index contributed by atoms with van der Waals surface area (Å²) in [6, 6.07) is 13.6. The van der Waals surface area contributed by atoms with E-state index in [1.54, 1.807) is 12.3 Å². The zero-order valence-electron chi connectivity index (χ0n) is 17.9. The number of ether oxygens (including phenoxy) is 1. The standard InChI is InChI=1S/C26H28N2O3/c1-16-13-24-25(17(2)31-26(24)30)23(21(16)11-12-29)10-9-20-8-7-19(15-28-20)22-6-4-3-5-18(22)14-27/h3-10,15-17,21,23-25,29H,11-13H2,1-2H3/b10-9+. The summed E-state index contributed by atoms with van der Waals surface area (Å²) in [5.41, 5.74) is 3.23. The number of cyclic esters (lactones) is 1. The molecule has 6 atom stereocenters. The number of pyridine rings is 1. The Morgan fingerprint density at radius 1 is 1.26 bits per heavy atom. The molecule has 1 N–H and O–H groups in total. The molecule has 0 radical (unpaired) electrons. The van der Waals surface area contributed by atoms with Crippen molar-refractivity contribution in [2.24, 2.45) is 29.6 Å². The van der Waals surface area contributed by atoms with Gasteiger partial charge in [0.15, 0.2) is 0 Å². The number of allylic oxidation sites excluding steroid dienone is 1. The summed E-state index contributed by atoms with van der Waals surface area (Å²) in [6.45, 7) is 4.30. The molecule has 0 amide bonds. The van der Waals surface area contributed by atoms with E-state index in [9.17, 15) is 15.2 Å². The summed E-state index contributed by atoms with van der Waals surface area (Å²) in [5, 5.41) is 19.0. The molecule has 6 unspecified atom stereocenters. The highest BCUT2D eigenvalue weighted by atomic mass is 16.6. The van der Waals surface area contributed by atoms with Crippen LogP contribution in [0.25, 0.3) is 17.2 Å². The van der Waals surface area contributed by atoms with Gasteiger partial charge in [-0.2, -0.15) is 5.26 Å². The zero-order valence-corrected chi connectivity index (χ0v) is 17.9. The number of nitrogens with zero attached hydrogens (tertiary/aromatic N) is 2. The molecule has 1 aliphatic heterocycles. The molecule has 1 aliphatic carbocycles. The van der Waals surface area contributed by atoms with Crippen molar-refractivity contribution < 1.29 is 14.6 Å². The van der Waals surface area contributed by atoms with E-state index in [2.05, 4.69) is 24.1 Å². The van der Waals surface area contributed by atoms with E-state index in [1.165, 1.54) is 0 Å². The Hall–Kier alpha value is -2.97. The second kappa shape index (κ2) is 9.03. The molecule has 1 aromatic carbocycles. The second-order valence-electron chi connectivity index (χ2n) is 8.78. The van der Waals surface area contributed by atoms with E-state index in [1.807, 2.05) is 43.3 Å². The Kier molecular flexibility index (Phi) is 6.20. The van der Waals surface area contributed by atoms with Crippen LogP contribution in [0.3, 0.4) is 0 Å². The lowest BCUT2D eigenvalue weighted by Crippen LogP contribution is -2.41. The Bertz CT molecular complexity index is 1010. The van der Waals surface area contributed by atoms with Crippen LogP contribution in [0, 0.1) is 40.9 Å². The fourth-order valence-corrected chi connectivity index (χ4v) is 5.51. The van der Waals surface area contributed by atoms with Crippen molar-refractivity contribution in [2.45, 2.75) is 32.8 Å². The number of nitriles is 1. The minimum atomic E-state index is -0.112. The number of hydrogen-bond donors (Lipinski definition) is 1. The lowest BCUT2D eigenvalue weighted by molar-refractivity contribution is -0.144. The van der Waals surface area contributed by atoms with Crippen molar-refractivity contribution in [3.63, 3.8) is 0 Å². The fraction of sp³-hybridized carbons (Fsp3) is 0.423. The van der Waals surface area contributed by atoms with Crippen LogP contribution in [-0.2, 0) is 9.53 Å². The topological polar surface area (TPSA) is 83.2 Å². The number of aliphatic hydroxyl groups excluding tert-OH is 1. The summed E-state index contributed by atoms with van der Waals surface area (Å²) in [4.78, 5) is 16.9. The smallest absolute Gasteiger partial charge is 0.309 e. The van der Waals surface area contributed by atoms with Crippen molar-refractivity contribution in [1.82, 2.24) is 4.98 Å².